The molecule has 0 saturated heterocycles. The van der Waals surface area contributed by atoms with Crippen LogP contribution >= 0.6 is 0 Å². The van der Waals surface area contributed by atoms with Gasteiger partial charge in [0.1, 0.15) is 0 Å². The number of aryl methyl sites for hydroxylation is 2. The molecule has 0 spiro atoms. The van der Waals surface area contributed by atoms with Crippen molar-refractivity contribution in [2.75, 3.05) is 18.1 Å². The van der Waals surface area contributed by atoms with Crippen LogP contribution in [0.4, 0.5) is 11.6 Å². The third kappa shape index (κ3) is 3.68. The molecule has 1 aliphatic rings. The largest absolute Gasteiger partial charge is 0.298 e. The fourth-order valence-corrected chi connectivity index (χ4v) is 3.44. The maximum Gasteiger partial charge on any atom is 0.259 e. The summed E-state index contributed by atoms with van der Waals surface area (Å²) in [5.74, 6) is 1.40. The Bertz CT molecular complexity index is 823. The van der Waals surface area contributed by atoms with Gasteiger partial charge in [-0.05, 0) is 44.7 Å². The molecule has 0 aliphatic carbocycles. The minimum atomic E-state index is 0.0985. The minimum Gasteiger partial charge on any atom is -0.298 e. The fraction of sp³-hybridized carbons (Fsp3) is 0.524. The summed E-state index contributed by atoms with van der Waals surface area (Å²) in [6.45, 7) is 12.9. The van der Waals surface area contributed by atoms with Gasteiger partial charge in [0, 0.05) is 23.5 Å². The molecule has 26 heavy (non-hydrogen) atoms. The molecule has 140 valence electrons. The van der Waals surface area contributed by atoms with Crippen molar-refractivity contribution in [2.45, 2.75) is 54.1 Å². The van der Waals surface area contributed by atoms with Crippen molar-refractivity contribution in [3.63, 3.8) is 0 Å². The summed E-state index contributed by atoms with van der Waals surface area (Å²) in [6, 6.07) is 8.44. The Morgan fingerprint density at radius 3 is 2.42 bits per heavy atom. The third-order valence-corrected chi connectivity index (χ3v) is 5.10. The molecule has 0 unspecified atom stereocenters. The average molecular weight is 354 g/mol. The molecule has 0 saturated carbocycles. The summed E-state index contributed by atoms with van der Waals surface area (Å²) in [5, 5.41) is 0. The highest BCUT2D eigenvalue weighted by Crippen LogP contribution is 2.28. The first-order chi connectivity index (χ1) is 12.4. The monoisotopic (exact) mass is 354 g/mol. The molecule has 3 rings (SSSR count). The Labute approximate surface area is 156 Å². The van der Waals surface area contributed by atoms with E-state index in [1.807, 2.05) is 18.4 Å². The summed E-state index contributed by atoms with van der Waals surface area (Å²) in [4.78, 5) is 22.4. The van der Waals surface area contributed by atoms with Gasteiger partial charge in [-0.3, -0.25) is 19.2 Å². The second-order valence-corrected chi connectivity index (χ2v) is 7.69. The molecule has 0 N–H and O–H groups in total. The van der Waals surface area contributed by atoms with E-state index in [0.29, 0.717) is 19.0 Å². The van der Waals surface area contributed by atoms with Crippen LogP contribution < -0.4 is 10.5 Å². The van der Waals surface area contributed by atoms with E-state index in [9.17, 15) is 4.79 Å². The molecule has 0 fully saturated rings. The van der Waals surface area contributed by atoms with Gasteiger partial charge in [0.2, 0.25) is 5.95 Å². The number of benzene rings is 1. The van der Waals surface area contributed by atoms with E-state index in [-0.39, 0.29) is 5.56 Å². The van der Waals surface area contributed by atoms with Crippen molar-refractivity contribution in [3.8, 4) is 0 Å². The molecule has 0 bridgehead atoms. The molecule has 0 amide bonds. The number of aromatic nitrogens is 2. The summed E-state index contributed by atoms with van der Waals surface area (Å²) in [6.07, 6.45) is 1.83. The molecule has 5 heteroatoms. The third-order valence-electron chi connectivity index (χ3n) is 5.10. The summed E-state index contributed by atoms with van der Waals surface area (Å²) in [5.41, 5.74) is 4.07. The Balaban J connectivity index is 2.06. The van der Waals surface area contributed by atoms with E-state index in [0.717, 1.165) is 42.5 Å². The molecule has 1 aromatic heterocycles. The lowest BCUT2D eigenvalue weighted by Crippen LogP contribution is -2.48. The molecule has 1 aliphatic heterocycles. The van der Waals surface area contributed by atoms with E-state index >= 15 is 0 Å². The highest BCUT2D eigenvalue weighted by molar-refractivity contribution is 5.58. The van der Waals surface area contributed by atoms with Crippen molar-refractivity contribution in [3.05, 3.63) is 51.4 Å². The highest BCUT2D eigenvalue weighted by atomic mass is 16.1. The first kappa shape index (κ1) is 18.6. The number of fused-ring (bicyclic) bond motifs is 1. The van der Waals surface area contributed by atoms with Crippen LogP contribution in [0.2, 0.25) is 0 Å². The van der Waals surface area contributed by atoms with E-state index in [4.69, 9.17) is 4.98 Å². The second kappa shape index (κ2) is 7.62. The quantitative estimate of drug-likeness (QED) is 0.818. The Morgan fingerprint density at radius 1 is 1.12 bits per heavy atom. The van der Waals surface area contributed by atoms with Crippen molar-refractivity contribution in [1.29, 1.82) is 0 Å². The van der Waals surface area contributed by atoms with Crippen LogP contribution in [-0.4, -0.2) is 27.7 Å². The van der Waals surface area contributed by atoms with Crippen molar-refractivity contribution >= 4 is 11.6 Å². The summed E-state index contributed by atoms with van der Waals surface area (Å²) in [7, 11) is 0. The van der Waals surface area contributed by atoms with Gasteiger partial charge in [-0.25, -0.2) is 4.98 Å². The lowest BCUT2D eigenvalue weighted by Gasteiger charge is -2.38. The van der Waals surface area contributed by atoms with Crippen LogP contribution in [0, 0.1) is 19.8 Å². The zero-order valence-corrected chi connectivity index (χ0v) is 16.6. The van der Waals surface area contributed by atoms with Gasteiger partial charge in [-0.2, -0.15) is 0 Å². The molecular formula is C21H30N4O. The topological polar surface area (TPSA) is 41.4 Å². The highest BCUT2D eigenvalue weighted by Gasteiger charge is 2.27. The van der Waals surface area contributed by atoms with E-state index < -0.39 is 0 Å². The summed E-state index contributed by atoms with van der Waals surface area (Å²) >= 11 is 0. The molecule has 0 atom stereocenters. The van der Waals surface area contributed by atoms with Gasteiger partial charge in [0.15, 0.2) is 0 Å². The van der Waals surface area contributed by atoms with Crippen molar-refractivity contribution in [1.82, 2.24) is 14.5 Å². The number of anilines is 2. The SMILES string of the molecule is CCc1c(C)nc2n(c1=O)CN(CCC(C)C)CN2c1ccc(C)cc1. The van der Waals surface area contributed by atoms with Crippen LogP contribution in [0.3, 0.4) is 0 Å². The fourth-order valence-electron chi connectivity index (χ4n) is 3.44. The second-order valence-electron chi connectivity index (χ2n) is 7.69. The van der Waals surface area contributed by atoms with Crippen LogP contribution in [-0.2, 0) is 13.1 Å². The van der Waals surface area contributed by atoms with Gasteiger partial charge in [-0.15, -0.1) is 0 Å². The van der Waals surface area contributed by atoms with Gasteiger partial charge in [-0.1, -0.05) is 38.5 Å². The lowest BCUT2D eigenvalue weighted by atomic mass is 10.1. The van der Waals surface area contributed by atoms with Crippen molar-refractivity contribution < 1.29 is 0 Å². The number of nitrogens with zero attached hydrogens (tertiary/aromatic N) is 4. The predicted octanol–water partition coefficient (Wildman–Crippen LogP) is 3.84. The Kier molecular flexibility index (Phi) is 5.47. The molecule has 1 aromatic carbocycles. The predicted molar refractivity (Wildman–Crippen MR) is 107 cm³/mol. The first-order valence-electron chi connectivity index (χ1n) is 9.57. The zero-order chi connectivity index (χ0) is 18.8. The van der Waals surface area contributed by atoms with Crippen LogP contribution in [0.5, 0.6) is 0 Å². The van der Waals surface area contributed by atoms with Crippen molar-refractivity contribution in [2.24, 2.45) is 5.92 Å². The van der Waals surface area contributed by atoms with Gasteiger partial charge < -0.3 is 0 Å². The van der Waals surface area contributed by atoms with E-state index in [1.54, 1.807) is 0 Å². The zero-order valence-electron chi connectivity index (χ0n) is 16.6. The van der Waals surface area contributed by atoms with E-state index in [1.165, 1.54) is 5.56 Å². The van der Waals surface area contributed by atoms with Crippen LogP contribution in [0.25, 0.3) is 0 Å². The summed E-state index contributed by atoms with van der Waals surface area (Å²) < 4.78 is 1.84. The Morgan fingerprint density at radius 2 is 1.81 bits per heavy atom. The smallest absolute Gasteiger partial charge is 0.259 e. The maximum absolute atomic E-state index is 13.0. The standard InChI is InChI=1S/C21H30N4O/c1-6-19-17(5)22-21-24(18-9-7-16(4)8-10-18)13-23(12-11-15(2)3)14-25(21)20(19)26/h7-10,15H,6,11-14H2,1-5H3. The molecule has 5 nitrogen and oxygen atoms in total. The molecule has 2 aromatic rings. The van der Waals surface area contributed by atoms with Gasteiger partial charge in [0.25, 0.3) is 5.56 Å². The van der Waals surface area contributed by atoms with Gasteiger partial charge in [0.05, 0.1) is 13.3 Å². The van der Waals surface area contributed by atoms with E-state index in [2.05, 4.69) is 54.8 Å². The number of hydrogen-bond donors (Lipinski definition) is 0. The minimum absolute atomic E-state index is 0.0985. The number of rotatable bonds is 5. The maximum atomic E-state index is 13.0. The van der Waals surface area contributed by atoms with Crippen LogP contribution in [0.15, 0.2) is 29.1 Å². The average Bonchev–Trinajstić information content (AvgIpc) is 2.61. The molecule has 2 heterocycles. The first-order valence-corrected chi connectivity index (χ1v) is 9.57. The normalized spacial score (nSPS) is 14.8. The Hall–Kier alpha value is -2.14. The van der Waals surface area contributed by atoms with Gasteiger partial charge >= 0.3 is 0 Å². The molecule has 0 radical (unpaired) electrons. The van der Waals surface area contributed by atoms with Crippen LogP contribution in [0.1, 0.15) is 44.0 Å². The molecular weight excluding hydrogens is 324 g/mol. The number of hydrogen-bond acceptors (Lipinski definition) is 4. The lowest BCUT2D eigenvalue weighted by molar-refractivity contribution is 0.188.